The van der Waals surface area contributed by atoms with Crippen molar-refractivity contribution in [1.82, 2.24) is 10.2 Å². The standard InChI is InChI=1S/C13H26N2O2/c1-7-10(2)11(9-15(4)5)8-12(17-6)13(16)14-3/h12H,7-9H2,1-6H3,(H,14,16)/b11-10-/t12-/m1/s1. The molecule has 0 aliphatic carbocycles. The van der Waals surface area contributed by atoms with Crippen LogP contribution in [0.1, 0.15) is 26.7 Å². The fourth-order valence-electron chi connectivity index (χ4n) is 1.67. The van der Waals surface area contributed by atoms with Gasteiger partial charge >= 0.3 is 0 Å². The van der Waals surface area contributed by atoms with Crippen LogP contribution in [0.5, 0.6) is 0 Å². The van der Waals surface area contributed by atoms with Gasteiger partial charge in [-0.15, -0.1) is 0 Å². The van der Waals surface area contributed by atoms with Gasteiger partial charge in [-0.2, -0.15) is 0 Å². The minimum atomic E-state index is -0.392. The molecule has 0 aliphatic rings. The van der Waals surface area contributed by atoms with Crippen molar-refractivity contribution in [2.24, 2.45) is 0 Å². The van der Waals surface area contributed by atoms with Crippen LogP contribution in [0.2, 0.25) is 0 Å². The molecule has 1 amide bonds. The minimum absolute atomic E-state index is 0.0624. The van der Waals surface area contributed by atoms with E-state index in [0.29, 0.717) is 6.42 Å². The lowest BCUT2D eigenvalue weighted by molar-refractivity contribution is -0.130. The molecule has 0 rings (SSSR count). The summed E-state index contributed by atoms with van der Waals surface area (Å²) >= 11 is 0. The molecule has 4 nitrogen and oxygen atoms in total. The third kappa shape index (κ3) is 5.84. The molecule has 17 heavy (non-hydrogen) atoms. The summed E-state index contributed by atoms with van der Waals surface area (Å²) in [6.07, 6.45) is 1.28. The molecule has 0 aliphatic heterocycles. The lowest BCUT2D eigenvalue weighted by atomic mass is 10.00. The summed E-state index contributed by atoms with van der Waals surface area (Å²) in [5.41, 5.74) is 2.62. The maximum atomic E-state index is 11.6. The molecular weight excluding hydrogens is 216 g/mol. The molecule has 0 fully saturated rings. The first-order valence-corrected chi connectivity index (χ1v) is 6.02. The van der Waals surface area contributed by atoms with Crippen LogP contribution in [-0.4, -0.2) is 51.7 Å². The van der Waals surface area contributed by atoms with Crippen molar-refractivity contribution in [3.8, 4) is 0 Å². The summed E-state index contributed by atoms with van der Waals surface area (Å²) in [5.74, 6) is -0.0624. The maximum absolute atomic E-state index is 11.6. The van der Waals surface area contributed by atoms with Crippen molar-refractivity contribution in [3.05, 3.63) is 11.1 Å². The van der Waals surface area contributed by atoms with Gasteiger partial charge in [0.05, 0.1) is 0 Å². The van der Waals surface area contributed by atoms with Crippen LogP contribution in [-0.2, 0) is 9.53 Å². The van der Waals surface area contributed by atoms with Crippen LogP contribution < -0.4 is 5.32 Å². The van der Waals surface area contributed by atoms with Crippen molar-refractivity contribution >= 4 is 5.91 Å². The highest BCUT2D eigenvalue weighted by atomic mass is 16.5. The minimum Gasteiger partial charge on any atom is -0.371 e. The Morgan fingerprint density at radius 3 is 2.35 bits per heavy atom. The van der Waals surface area contributed by atoms with Gasteiger partial charge in [-0.3, -0.25) is 4.79 Å². The van der Waals surface area contributed by atoms with Crippen molar-refractivity contribution in [2.75, 3.05) is 34.8 Å². The highest BCUT2D eigenvalue weighted by Crippen LogP contribution is 2.16. The molecule has 0 saturated carbocycles. The zero-order chi connectivity index (χ0) is 13.4. The molecule has 0 aromatic carbocycles. The Morgan fingerprint density at radius 1 is 1.41 bits per heavy atom. The van der Waals surface area contributed by atoms with Crippen molar-refractivity contribution in [3.63, 3.8) is 0 Å². The first-order valence-electron chi connectivity index (χ1n) is 6.02. The molecule has 0 aromatic rings. The van der Waals surface area contributed by atoms with Crippen molar-refractivity contribution in [2.45, 2.75) is 32.8 Å². The highest BCUT2D eigenvalue weighted by molar-refractivity contribution is 5.80. The lowest BCUT2D eigenvalue weighted by Gasteiger charge is -2.20. The summed E-state index contributed by atoms with van der Waals surface area (Å²) in [5, 5.41) is 2.63. The summed E-state index contributed by atoms with van der Waals surface area (Å²) in [4.78, 5) is 13.7. The fourth-order valence-corrected chi connectivity index (χ4v) is 1.67. The predicted molar refractivity (Wildman–Crippen MR) is 71.0 cm³/mol. The van der Waals surface area contributed by atoms with Gasteiger partial charge in [-0.25, -0.2) is 0 Å². The van der Waals surface area contributed by atoms with Crippen LogP contribution in [0.15, 0.2) is 11.1 Å². The van der Waals surface area contributed by atoms with Gasteiger partial charge < -0.3 is 15.0 Å². The molecule has 100 valence electrons. The van der Waals surface area contributed by atoms with E-state index >= 15 is 0 Å². The second-order valence-electron chi connectivity index (χ2n) is 4.52. The van der Waals surface area contributed by atoms with Gasteiger partial charge in [-0.05, 0) is 27.4 Å². The van der Waals surface area contributed by atoms with Gasteiger partial charge in [0.15, 0.2) is 0 Å². The number of rotatable bonds is 7. The average molecular weight is 242 g/mol. The predicted octanol–water partition coefficient (Wildman–Crippen LogP) is 1.43. The monoisotopic (exact) mass is 242 g/mol. The van der Waals surface area contributed by atoms with E-state index in [-0.39, 0.29) is 5.91 Å². The van der Waals surface area contributed by atoms with Crippen LogP contribution in [0.3, 0.4) is 0 Å². The number of amides is 1. The topological polar surface area (TPSA) is 41.6 Å². The fraction of sp³-hybridized carbons (Fsp3) is 0.769. The number of ether oxygens (including phenoxy) is 1. The number of hydrogen-bond donors (Lipinski definition) is 1. The van der Waals surface area contributed by atoms with Crippen LogP contribution in [0.25, 0.3) is 0 Å². The van der Waals surface area contributed by atoms with Crippen LogP contribution >= 0.6 is 0 Å². The van der Waals surface area contributed by atoms with E-state index in [9.17, 15) is 4.79 Å². The summed E-state index contributed by atoms with van der Waals surface area (Å²) in [6, 6.07) is 0. The Morgan fingerprint density at radius 2 is 2.00 bits per heavy atom. The number of carbonyl (C=O) groups is 1. The third-order valence-corrected chi connectivity index (χ3v) is 2.90. The molecule has 0 spiro atoms. The zero-order valence-corrected chi connectivity index (χ0v) is 12.0. The molecule has 0 unspecified atom stereocenters. The van der Waals surface area contributed by atoms with Gasteiger partial charge in [0, 0.05) is 27.1 Å². The Kier molecular flexibility index (Phi) is 7.83. The van der Waals surface area contributed by atoms with Gasteiger partial charge in [0.25, 0.3) is 0 Å². The largest absolute Gasteiger partial charge is 0.371 e. The zero-order valence-electron chi connectivity index (χ0n) is 12.0. The molecule has 0 radical (unpaired) electrons. The van der Waals surface area contributed by atoms with E-state index in [1.54, 1.807) is 14.2 Å². The maximum Gasteiger partial charge on any atom is 0.249 e. The van der Waals surface area contributed by atoms with E-state index < -0.39 is 6.10 Å². The normalized spacial score (nSPS) is 14.5. The number of carbonyl (C=O) groups excluding carboxylic acids is 1. The second kappa shape index (κ2) is 8.25. The molecule has 0 heterocycles. The molecular formula is C13H26N2O2. The number of methoxy groups -OCH3 is 1. The quantitative estimate of drug-likeness (QED) is 0.687. The third-order valence-electron chi connectivity index (χ3n) is 2.90. The number of likely N-dealkylation sites (N-methyl/N-ethyl adjacent to an activating group) is 2. The van der Waals surface area contributed by atoms with Crippen LogP contribution in [0, 0.1) is 0 Å². The van der Waals surface area contributed by atoms with Gasteiger partial charge in [0.2, 0.25) is 5.91 Å². The number of nitrogens with zero attached hydrogens (tertiary/aromatic N) is 1. The van der Waals surface area contributed by atoms with E-state index in [2.05, 4.69) is 24.1 Å². The molecule has 0 bridgehead atoms. The van der Waals surface area contributed by atoms with E-state index in [0.717, 1.165) is 13.0 Å². The molecule has 1 N–H and O–H groups in total. The Balaban J connectivity index is 4.79. The SMILES string of the molecule is CC/C(C)=C(/C[C@@H](OC)C(=O)NC)CN(C)C. The summed E-state index contributed by atoms with van der Waals surface area (Å²) in [6.45, 7) is 5.12. The summed E-state index contributed by atoms with van der Waals surface area (Å²) < 4.78 is 5.24. The molecule has 4 heteroatoms. The lowest BCUT2D eigenvalue weighted by Crippen LogP contribution is -2.34. The average Bonchev–Trinajstić information content (AvgIpc) is 2.31. The Labute approximate surface area is 105 Å². The Hall–Kier alpha value is -0.870. The molecule has 1 atom stereocenters. The summed E-state index contributed by atoms with van der Waals surface area (Å²) in [7, 11) is 7.28. The van der Waals surface area contributed by atoms with Crippen molar-refractivity contribution < 1.29 is 9.53 Å². The van der Waals surface area contributed by atoms with Crippen molar-refractivity contribution in [1.29, 1.82) is 0 Å². The molecule has 0 saturated heterocycles. The number of hydrogen-bond acceptors (Lipinski definition) is 3. The van der Waals surface area contributed by atoms with E-state index in [1.807, 2.05) is 14.1 Å². The van der Waals surface area contributed by atoms with Crippen LogP contribution in [0.4, 0.5) is 0 Å². The first kappa shape index (κ1) is 16.1. The second-order valence-corrected chi connectivity index (χ2v) is 4.52. The first-order chi connectivity index (χ1) is 7.96. The van der Waals surface area contributed by atoms with Gasteiger partial charge in [0.1, 0.15) is 6.10 Å². The highest BCUT2D eigenvalue weighted by Gasteiger charge is 2.19. The smallest absolute Gasteiger partial charge is 0.249 e. The Bertz CT molecular complexity index is 273. The van der Waals surface area contributed by atoms with E-state index in [1.165, 1.54) is 11.1 Å². The molecule has 0 aromatic heterocycles. The van der Waals surface area contributed by atoms with Gasteiger partial charge in [-0.1, -0.05) is 18.1 Å². The van der Waals surface area contributed by atoms with E-state index in [4.69, 9.17) is 4.74 Å². The number of nitrogens with one attached hydrogen (secondary N) is 1. The number of allylic oxidation sites excluding steroid dienone is 1.